The standard InChI is InChI=1S/C19H20FN3O3/c1-4-26-18(25)14-10-23(17(24)12-5-7-13(20)8-6-12)11-19(2,3)15-9-21-22-16(14)15/h5-10H,4,11H2,1-3H3,(H,21,22). The van der Waals surface area contributed by atoms with Crippen molar-refractivity contribution in [2.24, 2.45) is 0 Å². The van der Waals surface area contributed by atoms with Crippen LogP contribution in [-0.4, -0.2) is 40.1 Å². The Labute approximate surface area is 150 Å². The molecule has 1 aromatic heterocycles. The van der Waals surface area contributed by atoms with Crippen LogP contribution >= 0.6 is 0 Å². The quantitative estimate of drug-likeness (QED) is 0.857. The zero-order valence-electron chi connectivity index (χ0n) is 14.9. The van der Waals surface area contributed by atoms with Crippen LogP contribution in [0.2, 0.25) is 0 Å². The Kier molecular flexibility index (Phi) is 4.63. The Hall–Kier alpha value is -2.96. The number of nitrogens with one attached hydrogen (secondary N) is 1. The number of H-pyrrole nitrogens is 1. The highest BCUT2D eigenvalue weighted by Crippen LogP contribution is 2.34. The van der Waals surface area contributed by atoms with Crippen molar-refractivity contribution in [2.45, 2.75) is 26.2 Å². The molecule has 6 nitrogen and oxygen atoms in total. The van der Waals surface area contributed by atoms with Crippen molar-refractivity contribution in [3.05, 3.63) is 59.3 Å². The normalized spacial score (nSPS) is 15.7. The number of benzene rings is 1. The molecule has 1 aromatic carbocycles. The second kappa shape index (κ2) is 6.74. The Morgan fingerprint density at radius 3 is 2.65 bits per heavy atom. The van der Waals surface area contributed by atoms with Gasteiger partial charge in [-0.25, -0.2) is 9.18 Å². The van der Waals surface area contributed by atoms with Crippen LogP contribution in [0, 0.1) is 5.82 Å². The molecule has 2 aromatic rings. The fourth-order valence-electron chi connectivity index (χ4n) is 3.03. The number of carbonyl (C=O) groups is 2. The van der Waals surface area contributed by atoms with Crippen LogP contribution in [0.25, 0.3) is 5.57 Å². The third-order valence-corrected chi connectivity index (χ3v) is 4.34. The molecule has 1 amide bonds. The molecule has 26 heavy (non-hydrogen) atoms. The Morgan fingerprint density at radius 1 is 1.31 bits per heavy atom. The highest BCUT2D eigenvalue weighted by atomic mass is 19.1. The van der Waals surface area contributed by atoms with Crippen LogP contribution in [0.15, 0.2) is 36.7 Å². The van der Waals surface area contributed by atoms with Crippen molar-refractivity contribution >= 4 is 17.4 Å². The lowest BCUT2D eigenvalue weighted by molar-refractivity contribution is -0.136. The van der Waals surface area contributed by atoms with E-state index in [1.807, 2.05) is 13.8 Å². The van der Waals surface area contributed by atoms with Crippen molar-refractivity contribution < 1.29 is 18.7 Å². The monoisotopic (exact) mass is 357 g/mol. The molecule has 1 N–H and O–H groups in total. The highest BCUT2D eigenvalue weighted by molar-refractivity contribution is 6.17. The van der Waals surface area contributed by atoms with E-state index in [0.29, 0.717) is 17.8 Å². The number of rotatable bonds is 3. The molecule has 7 heteroatoms. The van der Waals surface area contributed by atoms with Gasteiger partial charge in [-0.2, -0.15) is 5.10 Å². The Morgan fingerprint density at radius 2 is 2.00 bits per heavy atom. The van der Waals surface area contributed by atoms with Gasteiger partial charge in [-0.15, -0.1) is 0 Å². The van der Waals surface area contributed by atoms with E-state index >= 15 is 0 Å². The SMILES string of the molecule is CCOC(=O)C1=CN(C(=O)c2ccc(F)cc2)CC(C)(C)c2cn[nH]c21. The molecule has 1 aliphatic rings. The van der Waals surface area contributed by atoms with Gasteiger partial charge in [0.1, 0.15) is 11.4 Å². The smallest absolute Gasteiger partial charge is 0.341 e. The minimum absolute atomic E-state index is 0.217. The Bertz CT molecular complexity index is 868. The van der Waals surface area contributed by atoms with E-state index in [1.165, 1.54) is 35.4 Å². The summed E-state index contributed by atoms with van der Waals surface area (Å²) >= 11 is 0. The zero-order chi connectivity index (χ0) is 18.9. The van der Waals surface area contributed by atoms with Crippen molar-refractivity contribution in [2.75, 3.05) is 13.2 Å². The van der Waals surface area contributed by atoms with Crippen LogP contribution in [0.5, 0.6) is 0 Å². The van der Waals surface area contributed by atoms with Crippen molar-refractivity contribution in [3.63, 3.8) is 0 Å². The minimum Gasteiger partial charge on any atom is -0.462 e. The predicted octanol–water partition coefficient (Wildman–Crippen LogP) is 2.89. The maximum Gasteiger partial charge on any atom is 0.341 e. The van der Waals surface area contributed by atoms with Crippen molar-refractivity contribution in [1.29, 1.82) is 0 Å². The van der Waals surface area contributed by atoms with E-state index < -0.39 is 17.2 Å². The van der Waals surface area contributed by atoms with Gasteiger partial charge in [-0.1, -0.05) is 13.8 Å². The average molecular weight is 357 g/mol. The van der Waals surface area contributed by atoms with Crippen LogP contribution in [0.4, 0.5) is 4.39 Å². The molecular weight excluding hydrogens is 337 g/mol. The number of aromatic amines is 1. The number of fused-ring (bicyclic) bond motifs is 1. The summed E-state index contributed by atoms with van der Waals surface area (Å²) in [5, 5.41) is 6.90. The van der Waals surface area contributed by atoms with Gasteiger partial charge in [0.15, 0.2) is 0 Å². The molecule has 0 bridgehead atoms. The second-order valence-corrected chi connectivity index (χ2v) is 6.75. The third-order valence-electron chi connectivity index (χ3n) is 4.34. The molecule has 0 radical (unpaired) electrons. The minimum atomic E-state index is -0.535. The highest BCUT2D eigenvalue weighted by Gasteiger charge is 2.36. The number of hydrogen-bond donors (Lipinski definition) is 1. The summed E-state index contributed by atoms with van der Waals surface area (Å²) in [4.78, 5) is 26.8. The largest absolute Gasteiger partial charge is 0.462 e. The lowest BCUT2D eigenvalue weighted by atomic mass is 9.84. The lowest BCUT2D eigenvalue weighted by Gasteiger charge is -2.28. The zero-order valence-corrected chi connectivity index (χ0v) is 14.9. The predicted molar refractivity (Wildman–Crippen MR) is 93.7 cm³/mol. The number of esters is 1. The third kappa shape index (κ3) is 3.24. The van der Waals surface area contributed by atoms with Gasteiger partial charge in [-0.05, 0) is 31.2 Å². The number of aromatic nitrogens is 2. The first-order chi connectivity index (χ1) is 12.3. The van der Waals surface area contributed by atoms with Gasteiger partial charge in [0.05, 0.1) is 18.5 Å². The molecule has 0 spiro atoms. The molecule has 2 heterocycles. The van der Waals surface area contributed by atoms with E-state index in [-0.39, 0.29) is 18.1 Å². The summed E-state index contributed by atoms with van der Waals surface area (Å²) < 4.78 is 18.3. The molecule has 0 atom stereocenters. The van der Waals surface area contributed by atoms with Crippen molar-refractivity contribution in [1.82, 2.24) is 15.1 Å². The maximum atomic E-state index is 13.2. The van der Waals surface area contributed by atoms with Gasteiger partial charge in [0, 0.05) is 29.3 Å². The summed E-state index contributed by atoms with van der Waals surface area (Å²) in [7, 11) is 0. The van der Waals surface area contributed by atoms with Crippen LogP contribution in [-0.2, 0) is 14.9 Å². The number of nitrogens with zero attached hydrogens (tertiary/aromatic N) is 2. The van der Waals surface area contributed by atoms with Crippen LogP contribution < -0.4 is 0 Å². The first-order valence-corrected chi connectivity index (χ1v) is 8.33. The van der Waals surface area contributed by atoms with E-state index in [2.05, 4.69) is 10.2 Å². The molecule has 3 rings (SSSR count). The number of halogens is 1. The molecule has 1 aliphatic heterocycles. The molecular formula is C19H20FN3O3. The summed E-state index contributed by atoms with van der Waals surface area (Å²) in [6.45, 7) is 6.20. The fraction of sp³-hybridized carbons (Fsp3) is 0.316. The van der Waals surface area contributed by atoms with E-state index in [4.69, 9.17) is 4.74 Å². The first-order valence-electron chi connectivity index (χ1n) is 8.33. The van der Waals surface area contributed by atoms with Gasteiger partial charge in [0.25, 0.3) is 5.91 Å². The summed E-state index contributed by atoms with van der Waals surface area (Å²) in [5.41, 5.74) is 1.49. The average Bonchev–Trinajstić information content (AvgIpc) is 3.05. The maximum absolute atomic E-state index is 13.2. The van der Waals surface area contributed by atoms with E-state index in [1.54, 1.807) is 13.1 Å². The molecule has 0 unspecified atom stereocenters. The van der Waals surface area contributed by atoms with Crippen molar-refractivity contribution in [3.8, 4) is 0 Å². The molecule has 0 saturated heterocycles. The summed E-state index contributed by atoms with van der Waals surface area (Å²) in [5.74, 6) is -1.27. The number of amides is 1. The van der Waals surface area contributed by atoms with Crippen LogP contribution in [0.3, 0.4) is 0 Å². The van der Waals surface area contributed by atoms with Gasteiger partial charge < -0.3 is 9.64 Å². The van der Waals surface area contributed by atoms with E-state index in [9.17, 15) is 14.0 Å². The first kappa shape index (κ1) is 17.8. The van der Waals surface area contributed by atoms with Crippen LogP contribution in [0.1, 0.15) is 42.4 Å². The lowest BCUT2D eigenvalue weighted by Crippen LogP contribution is -2.36. The molecule has 136 valence electrons. The van der Waals surface area contributed by atoms with Gasteiger partial charge >= 0.3 is 5.97 Å². The summed E-state index contributed by atoms with van der Waals surface area (Å²) in [6.07, 6.45) is 3.14. The number of ether oxygens (including phenoxy) is 1. The van der Waals surface area contributed by atoms with Gasteiger partial charge in [-0.3, -0.25) is 9.89 Å². The fourth-order valence-corrected chi connectivity index (χ4v) is 3.03. The topological polar surface area (TPSA) is 75.3 Å². The Balaban J connectivity index is 2.06. The molecule has 0 aliphatic carbocycles. The second-order valence-electron chi connectivity index (χ2n) is 6.75. The number of carbonyl (C=O) groups excluding carboxylic acids is 2. The number of hydrogen-bond acceptors (Lipinski definition) is 4. The molecule has 0 saturated carbocycles. The summed E-state index contributed by atoms with van der Waals surface area (Å²) in [6, 6.07) is 5.32. The van der Waals surface area contributed by atoms with E-state index in [0.717, 1.165) is 5.56 Å². The molecule has 0 fully saturated rings. The van der Waals surface area contributed by atoms with Gasteiger partial charge in [0.2, 0.25) is 0 Å².